The molecule has 0 unspecified atom stereocenters. The lowest BCUT2D eigenvalue weighted by Crippen LogP contribution is -2.39. The Bertz CT molecular complexity index is 218. The summed E-state index contributed by atoms with van der Waals surface area (Å²) in [7, 11) is 0. The molecule has 1 rings (SSSR count). The molecule has 0 amide bonds. The summed E-state index contributed by atoms with van der Waals surface area (Å²) in [5, 5.41) is 18.8. The molecule has 1 fully saturated rings. The van der Waals surface area contributed by atoms with Crippen LogP contribution in [0.1, 0.15) is 12.8 Å². The molecule has 0 aromatic heterocycles. The summed E-state index contributed by atoms with van der Waals surface area (Å²) >= 11 is 0. The molecule has 1 heterocycles. The molecule has 1 saturated heterocycles. The van der Waals surface area contributed by atoms with Gasteiger partial charge in [-0.2, -0.15) is 0 Å². The maximum absolute atomic E-state index is 9.55. The van der Waals surface area contributed by atoms with Crippen LogP contribution in [0.5, 0.6) is 0 Å². The van der Waals surface area contributed by atoms with Crippen molar-refractivity contribution in [3.8, 4) is 0 Å². The zero-order valence-electron chi connectivity index (χ0n) is 8.35. The molecular formula is C9H16N2O4. The molecule has 0 bridgehead atoms. The lowest BCUT2D eigenvalue weighted by molar-refractivity contribution is -0.134. The molecule has 0 spiro atoms. The Kier molecular flexibility index (Phi) is 7.21. The van der Waals surface area contributed by atoms with Crippen LogP contribution in [-0.2, 0) is 9.59 Å². The molecule has 0 aliphatic carbocycles. The van der Waals surface area contributed by atoms with E-state index in [1.807, 2.05) is 0 Å². The SMILES string of the molecule is N[C@H]1CCCNC1.O=C(O)C=CC(=O)O. The van der Waals surface area contributed by atoms with Gasteiger partial charge in [-0.15, -0.1) is 0 Å². The Morgan fingerprint density at radius 2 is 1.80 bits per heavy atom. The number of nitrogens with one attached hydrogen (secondary N) is 1. The van der Waals surface area contributed by atoms with Crippen LogP contribution in [0.25, 0.3) is 0 Å². The molecule has 15 heavy (non-hydrogen) atoms. The fraction of sp³-hybridized carbons (Fsp3) is 0.556. The second-order valence-electron chi connectivity index (χ2n) is 3.12. The quantitative estimate of drug-likeness (QED) is 0.459. The summed E-state index contributed by atoms with van der Waals surface area (Å²) in [6, 6.07) is 0.425. The fourth-order valence-corrected chi connectivity index (χ4v) is 1.02. The van der Waals surface area contributed by atoms with Crippen molar-refractivity contribution in [2.45, 2.75) is 18.9 Å². The number of aliphatic carboxylic acids is 2. The van der Waals surface area contributed by atoms with Crippen LogP contribution in [-0.4, -0.2) is 41.3 Å². The minimum Gasteiger partial charge on any atom is -0.478 e. The minimum absolute atomic E-state index is 0.425. The molecule has 6 heteroatoms. The van der Waals surface area contributed by atoms with Crippen LogP contribution >= 0.6 is 0 Å². The van der Waals surface area contributed by atoms with Gasteiger partial charge in [0.05, 0.1) is 0 Å². The van der Waals surface area contributed by atoms with Crippen molar-refractivity contribution < 1.29 is 19.8 Å². The van der Waals surface area contributed by atoms with Crippen LogP contribution in [0.2, 0.25) is 0 Å². The van der Waals surface area contributed by atoms with Crippen LogP contribution in [0.4, 0.5) is 0 Å². The lowest BCUT2D eigenvalue weighted by Gasteiger charge is -2.17. The number of carboxylic acids is 2. The molecule has 0 aromatic rings. The average Bonchev–Trinajstić information content (AvgIpc) is 2.17. The van der Waals surface area contributed by atoms with Gasteiger partial charge in [-0.25, -0.2) is 9.59 Å². The van der Waals surface area contributed by atoms with E-state index in [1.165, 1.54) is 12.8 Å². The molecule has 5 N–H and O–H groups in total. The molecule has 0 aromatic carbocycles. The first-order valence-corrected chi connectivity index (χ1v) is 4.62. The molecule has 0 saturated carbocycles. The molecule has 86 valence electrons. The molecule has 0 radical (unpaired) electrons. The van der Waals surface area contributed by atoms with E-state index in [0.717, 1.165) is 13.1 Å². The van der Waals surface area contributed by atoms with Gasteiger partial charge >= 0.3 is 11.9 Å². The highest BCUT2D eigenvalue weighted by Crippen LogP contribution is 1.96. The highest BCUT2D eigenvalue weighted by Gasteiger charge is 2.05. The number of carboxylic acid groups (broad SMARTS) is 2. The number of hydrogen-bond donors (Lipinski definition) is 4. The van der Waals surface area contributed by atoms with Crippen molar-refractivity contribution in [1.82, 2.24) is 5.32 Å². The van der Waals surface area contributed by atoms with Gasteiger partial charge in [-0.05, 0) is 19.4 Å². The smallest absolute Gasteiger partial charge is 0.328 e. The van der Waals surface area contributed by atoms with E-state index in [0.29, 0.717) is 18.2 Å². The molecular weight excluding hydrogens is 200 g/mol. The summed E-state index contributed by atoms with van der Waals surface area (Å²) in [4.78, 5) is 19.1. The van der Waals surface area contributed by atoms with Crippen LogP contribution in [0, 0.1) is 0 Å². The Hall–Kier alpha value is -1.40. The number of hydrogen-bond acceptors (Lipinski definition) is 4. The van der Waals surface area contributed by atoms with Crippen molar-refractivity contribution >= 4 is 11.9 Å². The van der Waals surface area contributed by atoms with Crippen molar-refractivity contribution in [2.24, 2.45) is 5.73 Å². The van der Waals surface area contributed by atoms with Gasteiger partial charge < -0.3 is 21.3 Å². The maximum Gasteiger partial charge on any atom is 0.328 e. The Balaban J connectivity index is 0.000000262. The second kappa shape index (κ2) is 7.95. The predicted octanol–water partition coefficient (Wildman–Crippen LogP) is -0.591. The summed E-state index contributed by atoms with van der Waals surface area (Å²) in [6.07, 6.45) is 3.57. The predicted molar refractivity (Wildman–Crippen MR) is 54.5 cm³/mol. The highest BCUT2D eigenvalue weighted by atomic mass is 16.4. The summed E-state index contributed by atoms with van der Waals surface area (Å²) in [5.41, 5.74) is 5.57. The van der Waals surface area contributed by atoms with Crippen molar-refractivity contribution in [3.05, 3.63) is 12.2 Å². The van der Waals surface area contributed by atoms with Gasteiger partial charge in [-0.3, -0.25) is 0 Å². The topological polar surface area (TPSA) is 113 Å². The fourth-order valence-electron chi connectivity index (χ4n) is 1.02. The van der Waals surface area contributed by atoms with E-state index >= 15 is 0 Å². The number of piperidine rings is 1. The summed E-state index contributed by atoms with van der Waals surface area (Å²) in [5.74, 6) is -2.51. The van der Waals surface area contributed by atoms with Crippen LogP contribution < -0.4 is 11.1 Å². The molecule has 1 aliphatic rings. The van der Waals surface area contributed by atoms with E-state index in [4.69, 9.17) is 15.9 Å². The minimum atomic E-state index is -1.26. The van der Waals surface area contributed by atoms with E-state index in [9.17, 15) is 9.59 Å². The van der Waals surface area contributed by atoms with Gasteiger partial charge in [0.25, 0.3) is 0 Å². The normalized spacial score (nSPS) is 20.5. The number of rotatable bonds is 2. The van der Waals surface area contributed by atoms with Gasteiger partial charge in [0.2, 0.25) is 0 Å². The lowest BCUT2D eigenvalue weighted by atomic mass is 10.1. The van der Waals surface area contributed by atoms with Gasteiger partial charge in [-0.1, -0.05) is 0 Å². The number of carbonyl (C=O) groups is 2. The second-order valence-corrected chi connectivity index (χ2v) is 3.12. The van der Waals surface area contributed by atoms with Gasteiger partial charge in [0.1, 0.15) is 0 Å². The standard InChI is InChI=1S/C5H12N2.C4H4O4/c6-5-2-1-3-7-4-5;5-3(6)1-2-4(7)8/h5,7H,1-4,6H2;1-2H,(H,5,6)(H,7,8)/t5-;/m0./s1. The Labute approximate surface area is 87.8 Å². The molecule has 6 nitrogen and oxygen atoms in total. The largest absolute Gasteiger partial charge is 0.478 e. The first-order chi connectivity index (χ1) is 7.02. The third-order valence-corrected chi connectivity index (χ3v) is 1.70. The van der Waals surface area contributed by atoms with Crippen molar-refractivity contribution in [1.29, 1.82) is 0 Å². The van der Waals surface area contributed by atoms with Crippen LogP contribution in [0.3, 0.4) is 0 Å². The first kappa shape index (κ1) is 13.6. The van der Waals surface area contributed by atoms with E-state index in [2.05, 4.69) is 5.32 Å². The number of nitrogens with two attached hydrogens (primary N) is 1. The summed E-state index contributed by atoms with van der Waals surface area (Å²) < 4.78 is 0. The van der Waals surface area contributed by atoms with E-state index in [1.54, 1.807) is 0 Å². The third kappa shape index (κ3) is 10.5. The van der Waals surface area contributed by atoms with Gasteiger partial charge in [0.15, 0.2) is 0 Å². The molecule has 1 atom stereocenters. The zero-order chi connectivity index (χ0) is 11.7. The average molecular weight is 216 g/mol. The zero-order valence-corrected chi connectivity index (χ0v) is 8.35. The summed E-state index contributed by atoms with van der Waals surface area (Å²) in [6.45, 7) is 2.17. The maximum atomic E-state index is 9.55. The third-order valence-electron chi connectivity index (χ3n) is 1.70. The molecule has 1 aliphatic heterocycles. The van der Waals surface area contributed by atoms with E-state index in [-0.39, 0.29) is 0 Å². The van der Waals surface area contributed by atoms with Crippen molar-refractivity contribution in [3.63, 3.8) is 0 Å². The highest BCUT2D eigenvalue weighted by molar-refractivity contribution is 5.89. The van der Waals surface area contributed by atoms with E-state index < -0.39 is 11.9 Å². The monoisotopic (exact) mass is 216 g/mol. The van der Waals surface area contributed by atoms with Gasteiger partial charge in [0, 0.05) is 24.7 Å². The van der Waals surface area contributed by atoms with Crippen LogP contribution in [0.15, 0.2) is 12.2 Å². The van der Waals surface area contributed by atoms with Crippen molar-refractivity contribution in [2.75, 3.05) is 13.1 Å². The Morgan fingerprint density at radius 1 is 1.27 bits per heavy atom. The first-order valence-electron chi connectivity index (χ1n) is 4.62. The Morgan fingerprint density at radius 3 is 2.00 bits per heavy atom.